The molecule has 0 spiro atoms. The number of rotatable bonds is 4. The van der Waals surface area contributed by atoms with E-state index in [0.717, 1.165) is 32.1 Å². The number of hydrogen-bond acceptors (Lipinski definition) is 3. The van der Waals surface area contributed by atoms with Gasteiger partial charge in [0, 0.05) is 7.05 Å². The molecule has 1 unspecified atom stereocenters. The molecule has 1 atom stereocenters. The van der Waals surface area contributed by atoms with Crippen molar-refractivity contribution in [3.05, 3.63) is 0 Å². The summed E-state index contributed by atoms with van der Waals surface area (Å²) in [5.41, 5.74) is 5.06. The van der Waals surface area contributed by atoms with Crippen LogP contribution in [0.4, 0.5) is 0 Å². The largest absolute Gasteiger partial charge is 0.481 e. The molecule has 0 aromatic heterocycles. The lowest BCUT2D eigenvalue weighted by Gasteiger charge is -2.44. The molecule has 1 aliphatic rings. The van der Waals surface area contributed by atoms with Crippen LogP contribution in [0.15, 0.2) is 0 Å². The predicted molar refractivity (Wildman–Crippen MR) is 64.5 cm³/mol. The molecule has 0 aromatic carbocycles. The third-order valence-corrected chi connectivity index (χ3v) is 3.70. The van der Waals surface area contributed by atoms with Crippen LogP contribution >= 0.6 is 0 Å². The Hall–Kier alpha value is -1.10. The molecule has 0 radical (unpaired) electrons. The topological polar surface area (TPSA) is 83.6 Å². The van der Waals surface area contributed by atoms with Crippen molar-refractivity contribution in [1.82, 2.24) is 4.90 Å². The first-order valence-corrected chi connectivity index (χ1v) is 6.14. The van der Waals surface area contributed by atoms with E-state index in [9.17, 15) is 9.59 Å². The predicted octanol–water partition coefficient (Wildman–Crippen LogP) is 0.970. The van der Waals surface area contributed by atoms with E-state index in [1.807, 2.05) is 0 Å². The molecule has 0 bridgehead atoms. The molecular weight excluding hydrogens is 220 g/mol. The van der Waals surface area contributed by atoms with Crippen LogP contribution in [0.25, 0.3) is 0 Å². The Morgan fingerprint density at radius 3 is 2.29 bits per heavy atom. The number of carboxylic acid groups (broad SMARTS) is 1. The molecule has 0 saturated heterocycles. The molecule has 1 amide bonds. The number of amides is 1. The van der Waals surface area contributed by atoms with E-state index in [1.165, 1.54) is 0 Å². The zero-order valence-corrected chi connectivity index (χ0v) is 10.6. The Morgan fingerprint density at radius 2 is 1.88 bits per heavy atom. The van der Waals surface area contributed by atoms with Gasteiger partial charge in [0.05, 0.1) is 18.0 Å². The van der Waals surface area contributed by atoms with E-state index in [1.54, 1.807) is 18.9 Å². The molecule has 1 saturated carbocycles. The van der Waals surface area contributed by atoms with E-state index < -0.39 is 17.6 Å². The Balaban J connectivity index is 2.88. The molecule has 3 N–H and O–H groups in total. The standard InChI is InChI=1S/C12H22N2O3/c1-9(13)11(17)14(2)12(8-10(15)16)6-4-3-5-7-12/h9H,3-8,13H2,1-2H3,(H,15,16). The number of carbonyl (C=O) groups excluding carboxylic acids is 1. The fourth-order valence-electron chi connectivity index (χ4n) is 2.66. The van der Waals surface area contributed by atoms with E-state index >= 15 is 0 Å². The Morgan fingerprint density at radius 1 is 1.35 bits per heavy atom. The molecule has 0 heterocycles. The van der Waals surface area contributed by atoms with Gasteiger partial charge in [-0.2, -0.15) is 0 Å². The van der Waals surface area contributed by atoms with Gasteiger partial charge in [-0.05, 0) is 19.8 Å². The third-order valence-electron chi connectivity index (χ3n) is 3.70. The normalized spacial score (nSPS) is 20.6. The molecule has 0 aromatic rings. The summed E-state index contributed by atoms with van der Waals surface area (Å²) in [6.45, 7) is 1.64. The van der Waals surface area contributed by atoms with Gasteiger partial charge < -0.3 is 15.7 Å². The van der Waals surface area contributed by atoms with Crippen LogP contribution in [-0.4, -0.2) is 40.5 Å². The molecule has 0 aliphatic heterocycles. The van der Waals surface area contributed by atoms with Crippen LogP contribution in [-0.2, 0) is 9.59 Å². The van der Waals surface area contributed by atoms with Gasteiger partial charge in [0.1, 0.15) is 0 Å². The van der Waals surface area contributed by atoms with Gasteiger partial charge in [-0.25, -0.2) is 0 Å². The minimum absolute atomic E-state index is 0.0158. The highest BCUT2D eigenvalue weighted by molar-refractivity contribution is 5.82. The second-order valence-corrected chi connectivity index (χ2v) is 5.04. The minimum atomic E-state index is -0.851. The first kappa shape index (κ1) is 14.0. The zero-order chi connectivity index (χ0) is 13.1. The molecule has 1 fully saturated rings. The lowest BCUT2D eigenvalue weighted by atomic mass is 9.78. The highest BCUT2D eigenvalue weighted by atomic mass is 16.4. The minimum Gasteiger partial charge on any atom is -0.481 e. The number of aliphatic carboxylic acids is 1. The van der Waals surface area contributed by atoms with Gasteiger partial charge in [0.15, 0.2) is 0 Å². The molecule has 17 heavy (non-hydrogen) atoms. The maximum atomic E-state index is 11.9. The van der Waals surface area contributed by atoms with Crippen LogP contribution in [0.2, 0.25) is 0 Å². The van der Waals surface area contributed by atoms with Gasteiger partial charge in [0.2, 0.25) is 5.91 Å². The lowest BCUT2D eigenvalue weighted by molar-refractivity contribution is -0.146. The summed E-state index contributed by atoms with van der Waals surface area (Å²) < 4.78 is 0. The van der Waals surface area contributed by atoms with Crippen molar-refractivity contribution >= 4 is 11.9 Å². The van der Waals surface area contributed by atoms with Crippen molar-refractivity contribution in [2.75, 3.05) is 7.05 Å². The number of likely N-dealkylation sites (N-methyl/N-ethyl adjacent to an activating group) is 1. The number of nitrogens with two attached hydrogens (primary N) is 1. The number of hydrogen-bond donors (Lipinski definition) is 2. The van der Waals surface area contributed by atoms with Gasteiger partial charge in [-0.1, -0.05) is 19.3 Å². The molecule has 1 rings (SSSR count). The highest BCUT2D eigenvalue weighted by Crippen LogP contribution is 2.36. The number of nitrogens with zero attached hydrogens (tertiary/aromatic N) is 1. The molecule has 98 valence electrons. The van der Waals surface area contributed by atoms with Crippen LogP contribution in [0.1, 0.15) is 45.4 Å². The van der Waals surface area contributed by atoms with Gasteiger partial charge >= 0.3 is 5.97 Å². The van der Waals surface area contributed by atoms with Crippen LogP contribution in [0.5, 0.6) is 0 Å². The first-order valence-electron chi connectivity index (χ1n) is 6.14. The maximum absolute atomic E-state index is 11.9. The van der Waals surface area contributed by atoms with Crippen molar-refractivity contribution in [2.45, 2.75) is 57.0 Å². The second-order valence-electron chi connectivity index (χ2n) is 5.04. The molecule has 5 nitrogen and oxygen atoms in total. The van der Waals surface area contributed by atoms with E-state index in [0.29, 0.717) is 0 Å². The number of carbonyl (C=O) groups is 2. The monoisotopic (exact) mass is 242 g/mol. The summed E-state index contributed by atoms with van der Waals surface area (Å²) >= 11 is 0. The summed E-state index contributed by atoms with van der Waals surface area (Å²) in [5, 5.41) is 9.03. The summed E-state index contributed by atoms with van der Waals surface area (Å²) in [4.78, 5) is 24.5. The fourth-order valence-corrected chi connectivity index (χ4v) is 2.66. The zero-order valence-electron chi connectivity index (χ0n) is 10.6. The SMILES string of the molecule is CC(N)C(=O)N(C)C1(CC(=O)O)CCCCC1. The molecule has 1 aliphatic carbocycles. The average molecular weight is 242 g/mol. The smallest absolute Gasteiger partial charge is 0.305 e. The van der Waals surface area contributed by atoms with Crippen LogP contribution < -0.4 is 5.73 Å². The van der Waals surface area contributed by atoms with Gasteiger partial charge in [0.25, 0.3) is 0 Å². The van der Waals surface area contributed by atoms with Gasteiger partial charge in [-0.3, -0.25) is 9.59 Å². The quantitative estimate of drug-likeness (QED) is 0.769. The third kappa shape index (κ3) is 3.19. The van der Waals surface area contributed by atoms with Crippen LogP contribution in [0, 0.1) is 0 Å². The fraction of sp³-hybridized carbons (Fsp3) is 0.833. The van der Waals surface area contributed by atoms with Crippen molar-refractivity contribution in [3.63, 3.8) is 0 Å². The van der Waals surface area contributed by atoms with E-state index in [-0.39, 0.29) is 12.3 Å². The van der Waals surface area contributed by atoms with Crippen molar-refractivity contribution in [1.29, 1.82) is 0 Å². The highest BCUT2D eigenvalue weighted by Gasteiger charge is 2.40. The molecular formula is C12H22N2O3. The van der Waals surface area contributed by atoms with Crippen molar-refractivity contribution in [2.24, 2.45) is 5.73 Å². The average Bonchev–Trinajstić information content (AvgIpc) is 2.27. The Kier molecular flexibility index (Phi) is 4.51. The molecule has 5 heteroatoms. The summed E-state index contributed by atoms with van der Waals surface area (Å²) in [5.74, 6) is -1.02. The lowest BCUT2D eigenvalue weighted by Crippen LogP contribution is -2.55. The van der Waals surface area contributed by atoms with E-state index in [4.69, 9.17) is 10.8 Å². The van der Waals surface area contributed by atoms with Crippen molar-refractivity contribution in [3.8, 4) is 0 Å². The van der Waals surface area contributed by atoms with Crippen LogP contribution in [0.3, 0.4) is 0 Å². The number of carboxylic acids is 1. The van der Waals surface area contributed by atoms with E-state index in [2.05, 4.69) is 0 Å². The maximum Gasteiger partial charge on any atom is 0.305 e. The summed E-state index contributed by atoms with van der Waals surface area (Å²) in [6.07, 6.45) is 4.60. The first-order chi connectivity index (χ1) is 7.89. The summed E-state index contributed by atoms with van der Waals surface area (Å²) in [6, 6.07) is -0.576. The second kappa shape index (κ2) is 5.49. The Bertz CT molecular complexity index is 296. The summed E-state index contributed by atoms with van der Waals surface area (Å²) in [7, 11) is 1.68. The van der Waals surface area contributed by atoms with Crippen molar-refractivity contribution < 1.29 is 14.7 Å². The Labute approximate surface area is 102 Å². The van der Waals surface area contributed by atoms with Gasteiger partial charge in [-0.15, -0.1) is 0 Å².